The van der Waals surface area contributed by atoms with Crippen molar-refractivity contribution in [3.05, 3.63) is 84.6 Å². The van der Waals surface area contributed by atoms with Gasteiger partial charge in [0.15, 0.2) is 0 Å². The van der Waals surface area contributed by atoms with E-state index >= 15 is 0 Å². The first-order chi connectivity index (χ1) is 11.3. The molecule has 0 unspecified atom stereocenters. The second-order valence-corrected chi connectivity index (χ2v) is 7.28. The Kier molecular flexibility index (Phi) is 5.21. The number of fused-ring (bicyclic) bond motifs is 1. The molecule has 0 atom stereocenters. The van der Waals surface area contributed by atoms with E-state index in [0.717, 1.165) is 5.52 Å². The lowest BCUT2D eigenvalue weighted by Crippen LogP contribution is -1.84. The molecule has 23 heavy (non-hydrogen) atoms. The van der Waals surface area contributed by atoms with Crippen molar-refractivity contribution in [3.63, 3.8) is 0 Å². The standard InChI is InChI=1S/C20H17NS2/c1-3-4-8-16-9-5-12-18(15(16)2)22-23-19-13-6-10-17-11-7-14-21-20(17)19/h3-14H,1H2,2H3/b8-4-. The first kappa shape index (κ1) is 15.9. The number of allylic oxidation sites excluding steroid dienone is 2. The molecule has 0 fully saturated rings. The molecule has 0 spiro atoms. The third-order valence-corrected chi connectivity index (χ3v) is 6.10. The first-order valence-electron chi connectivity index (χ1n) is 7.36. The topological polar surface area (TPSA) is 12.9 Å². The van der Waals surface area contributed by atoms with Crippen molar-refractivity contribution in [2.45, 2.75) is 16.7 Å². The lowest BCUT2D eigenvalue weighted by molar-refractivity contribution is 1.29. The van der Waals surface area contributed by atoms with Crippen LogP contribution in [0.1, 0.15) is 11.1 Å². The maximum Gasteiger partial charge on any atom is 0.0846 e. The summed E-state index contributed by atoms with van der Waals surface area (Å²) >= 11 is 0. The number of hydrogen-bond acceptors (Lipinski definition) is 3. The van der Waals surface area contributed by atoms with Crippen molar-refractivity contribution < 1.29 is 0 Å². The van der Waals surface area contributed by atoms with Crippen LogP contribution in [0.3, 0.4) is 0 Å². The maximum absolute atomic E-state index is 4.52. The lowest BCUT2D eigenvalue weighted by Gasteiger charge is -2.09. The van der Waals surface area contributed by atoms with Gasteiger partial charge in [0.1, 0.15) is 0 Å². The molecule has 1 aromatic heterocycles. The van der Waals surface area contributed by atoms with Crippen LogP contribution < -0.4 is 0 Å². The van der Waals surface area contributed by atoms with Crippen LogP contribution in [0.2, 0.25) is 0 Å². The van der Waals surface area contributed by atoms with Crippen LogP contribution >= 0.6 is 21.6 Å². The summed E-state index contributed by atoms with van der Waals surface area (Å²) in [6, 6.07) is 16.8. The van der Waals surface area contributed by atoms with Gasteiger partial charge in [-0.15, -0.1) is 0 Å². The molecule has 3 rings (SSSR count). The highest BCUT2D eigenvalue weighted by Gasteiger charge is 2.07. The van der Waals surface area contributed by atoms with Crippen molar-refractivity contribution in [1.82, 2.24) is 4.98 Å². The normalized spacial score (nSPS) is 11.2. The summed E-state index contributed by atoms with van der Waals surface area (Å²) in [5.41, 5.74) is 3.58. The summed E-state index contributed by atoms with van der Waals surface area (Å²) in [6.45, 7) is 5.89. The third kappa shape index (κ3) is 3.69. The largest absolute Gasteiger partial charge is 0.255 e. The predicted octanol–water partition coefficient (Wildman–Crippen LogP) is 6.54. The molecular weight excluding hydrogens is 318 g/mol. The number of hydrogen-bond donors (Lipinski definition) is 0. The van der Waals surface area contributed by atoms with Gasteiger partial charge in [-0.1, -0.05) is 76.7 Å². The Labute approximate surface area is 144 Å². The first-order valence-corrected chi connectivity index (χ1v) is 9.51. The van der Waals surface area contributed by atoms with Gasteiger partial charge in [-0.2, -0.15) is 0 Å². The van der Waals surface area contributed by atoms with Crippen LogP contribution in [-0.4, -0.2) is 4.98 Å². The molecule has 0 aliphatic rings. The second-order valence-electron chi connectivity index (χ2n) is 5.06. The number of rotatable bonds is 5. The zero-order valence-corrected chi connectivity index (χ0v) is 14.5. The molecule has 3 heteroatoms. The van der Waals surface area contributed by atoms with E-state index in [1.807, 2.05) is 18.3 Å². The number of aromatic nitrogens is 1. The Balaban J connectivity index is 1.85. The molecule has 2 aromatic carbocycles. The maximum atomic E-state index is 4.52. The van der Waals surface area contributed by atoms with Gasteiger partial charge in [-0.05, 0) is 36.2 Å². The van der Waals surface area contributed by atoms with Crippen molar-refractivity contribution in [3.8, 4) is 0 Å². The number of benzene rings is 2. The fourth-order valence-electron chi connectivity index (χ4n) is 2.31. The minimum atomic E-state index is 1.06. The van der Waals surface area contributed by atoms with E-state index in [2.05, 4.69) is 67.0 Å². The Bertz CT molecular complexity index is 863. The number of nitrogens with zero attached hydrogens (tertiary/aromatic N) is 1. The summed E-state index contributed by atoms with van der Waals surface area (Å²) < 4.78 is 0. The van der Waals surface area contributed by atoms with E-state index in [-0.39, 0.29) is 0 Å². The lowest BCUT2D eigenvalue weighted by atomic mass is 10.1. The quantitative estimate of drug-likeness (QED) is 0.388. The molecule has 0 saturated carbocycles. The molecule has 3 aromatic rings. The van der Waals surface area contributed by atoms with Crippen LogP contribution in [0.5, 0.6) is 0 Å². The number of pyridine rings is 1. The Morgan fingerprint density at radius 3 is 2.57 bits per heavy atom. The molecule has 0 saturated heterocycles. The molecule has 0 aliphatic heterocycles. The Morgan fingerprint density at radius 2 is 1.70 bits per heavy atom. The molecule has 0 aliphatic carbocycles. The molecule has 114 valence electrons. The predicted molar refractivity (Wildman–Crippen MR) is 104 cm³/mol. The van der Waals surface area contributed by atoms with Crippen LogP contribution in [-0.2, 0) is 0 Å². The average molecular weight is 335 g/mol. The van der Waals surface area contributed by atoms with Gasteiger partial charge in [-0.3, -0.25) is 4.98 Å². The third-order valence-electron chi connectivity index (χ3n) is 3.55. The fourth-order valence-corrected chi connectivity index (χ4v) is 4.73. The van der Waals surface area contributed by atoms with E-state index in [9.17, 15) is 0 Å². The Morgan fingerprint density at radius 1 is 0.957 bits per heavy atom. The van der Waals surface area contributed by atoms with Gasteiger partial charge >= 0.3 is 0 Å². The minimum absolute atomic E-state index is 1.06. The SMILES string of the molecule is C=C/C=C\c1cccc(SSc2cccc3cccnc23)c1C. The molecule has 0 N–H and O–H groups in total. The van der Waals surface area contributed by atoms with Crippen LogP contribution in [0, 0.1) is 6.92 Å². The molecule has 0 bridgehead atoms. The van der Waals surface area contributed by atoms with E-state index in [0.29, 0.717) is 0 Å². The summed E-state index contributed by atoms with van der Waals surface area (Å²) in [5, 5.41) is 1.18. The van der Waals surface area contributed by atoms with E-state index in [4.69, 9.17) is 0 Å². The summed E-state index contributed by atoms with van der Waals surface area (Å²) in [6.07, 6.45) is 7.72. The highest BCUT2D eigenvalue weighted by atomic mass is 33.1. The Hall–Kier alpha value is -1.97. The van der Waals surface area contributed by atoms with Gasteiger partial charge in [0, 0.05) is 21.4 Å². The van der Waals surface area contributed by atoms with Gasteiger partial charge in [-0.25, -0.2) is 0 Å². The zero-order chi connectivity index (χ0) is 16.1. The number of para-hydroxylation sites is 1. The van der Waals surface area contributed by atoms with Gasteiger partial charge < -0.3 is 0 Å². The highest BCUT2D eigenvalue weighted by molar-refractivity contribution is 8.76. The summed E-state index contributed by atoms with van der Waals surface area (Å²) in [4.78, 5) is 6.98. The van der Waals surface area contributed by atoms with Crippen molar-refractivity contribution in [2.24, 2.45) is 0 Å². The van der Waals surface area contributed by atoms with E-state index in [1.54, 1.807) is 27.7 Å². The fraction of sp³-hybridized carbons (Fsp3) is 0.0500. The minimum Gasteiger partial charge on any atom is -0.255 e. The van der Waals surface area contributed by atoms with Gasteiger partial charge in [0.05, 0.1) is 5.52 Å². The van der Waals surface area contributed by atoms with Crippen molar-refractivity contribution >= 4 is 38.6 Å². The monoisotopic (exact) mass is 335 g/mol. The van der Waals surface area contributed by atoms with E-state index in [1.165, 1.54) is 26.3 Å². The molecule has 1 heterocycles. The smallest absolute Gasteiger partial charge is 0.0846 e. The molecular formula is C20H17NS2. The van der Waals surface area contributed by atoms with Crippen molar-refractivity contribution in [1.29, 1.82) is 0 Å². The highest BCUT2D eigenvalue weighted by Crippen LogP contribution is 2.41. The van der Waals surface area contributed by atoms with Crippen molar-refractivity contribution in [2.75, 3.05) is 0 Å². The van der Waals surface area contributed by atoms with Crippen LogP contribution in [0.25, 0.3) is 17.0 Å². The zero-order valence-electron chi connectivity index (χ0n) is 12.9. The molecule has 1 nitrogen and oxygen atoms in total. The van der Waals surface area contributed by atoms with Gasteiger partial charge in [0.2, 0.25) is 0 Å². The van der Waals surface area contributed by atoms with Gasteiger partial charge in [0.25, 0.3) is 0 Å². The summed E-state index contributed by atoms with van der Waals surface area (Å²) in [7, 11) is 3.54. The van der Waals surface area contributed by atoms with Crippen LogP contribution in [0.4, 0.5) is 0 Å². The second kappa shape index (κ2) is 7.53. The average Bonchev–Trinajstić information content (AvgIpc) is 2.60. The van der Waals surface area contributed by atoms with Crippen LogP contribution in [0.15, 0.2) is 83.2 Å². The summed E-state index contributed by atoms with van der Waals surface area (Å²) in [5.74, 6) is 0. The molecule has 0 radical (unpaired) electrons. The molecule has 0 amide bonds. The van der Waals surface area contributed by atoms with E-state index < -0.39 is 0 Å².